The molecule has 2 amide bonds. The molecule has 0 unspecified atom stereocenters. The van der Waals surface area contributed by atoms with Gasteiger partial charge in [-0.2, -0.15) is 4.31 Å². The van der Waals surface area contributed by atoms with E-state index in [2.05, 4.69) is 10.2 Å². The lowest BCUT2D eigenvalue weighted by atomic mass is 10.1. The van der Waals surface area contributed by atoms with Crippen molar-refractivity contribution >= 4 is 21.8 Å². The lowest BCUT2D eigenvalue weighted by Crippen LogP contribution is -2.51. The van der Waals surface area contributed by atoms with Gasteiger partial charge in [0.15, 0.2) is 0 Å². The van der Waals surface area contributed by atoms with Crippen molar-refractivity contribution < 1.29 is 18.0 Å². The maximum Gasteiger partial charge on any atom is 0.243 e. The summed E-state index contributed by atoms with van der Waals surface area (Å²) in [6.07, 6.45) is 4.82. The normalized spacial score (nSPS) is 18.5. The van der Waals surface area contributed by atoms with Gasteiger partial charge < -0.3 is 10.2 Å². The Morgan fingerprint density at radius 3 is 2.22 bits per heavy atom. The quantitative estimate of drug-likeness (QED) is 0.598. The predicted octanol–water partition coefficient (Wildman–Crippen LogP) is 1.46. The van der Waals surface area contributed by atoms with Gasteiger partial charge in [-0.05, 0) is 43.4 Å². The minimum atomic E-state index is -3.42. The molecule has 0 saturated carbocycles. The topological polar surface area (TPSA) is 90.0 Å². The predicted molar refractivity (Wildman–Crippen MR) is 124 cm³/mol. The Balaban J connectivity index is 1.43. The van der Waals surface area contributed by atoms with Gasteiger partial charge in [0.1, 0.15) is 0 Å². The molecule has 8 nitrogen and oxygen atoms in total. The number of amides is 2. The van der Waals surface area contributed by atoms with E-state index >= 15 is 0 Å². The van der Waals surface area contributed by atoms with Crippen molar-refractivity contribution in [3.63, 3.8) is 0 Å². The third kappa shape index (κ3) is 6.76. The van der Waals surface area contributed by atoms with Gasteiger partial charge in [0.05, 0.1) is 11.4 Å². The second kappa shape index (κ2) is 11.8. The Morgan fingerprint density at radius 2 is 1.59 bits per heavy atom. The fraction of sp³-hybridized carbons (Fsp3) is 0.652. The van der Waals surface area contributed by atoms with Gasteiger partial charge in [0.2, 0.25) is 21.8 Å². The van der Waals surface area contributed by atoms with Crippen LogP contribution in [0.4, 0.5) is 0 Å². The first kappa shape index (κ1) is 24.7. The average Bonchev–Trinajstić information content (AvgIpc) is 2.82. The molecule has 0 radical (unpaired) electrons. The summed E-state index contributed by atoms with van der Waals surface area (Å²) in [7, 11) is -3.42. The number of carbonyl (C=O) groups is 2. The summed E-state index contributed by atoms with van der Waals surface area (Å²) in [4.78, 5) is 28.7. The first-order valence-corrected chi connectivity index (χ1v) is 13.2. The summed E-state index contributed by atoms with van der Waals surface area (Å²) >= 11 is 0. The minimum Gasteiger partial charge on any atom is -0.355 e. The average molecular weight is 465 g/mol. The number of piperazine rings is 1. The molecule has 32 heavy (non-hydrogen) atoms. The molecule has 2 heterocycles. The first-order chi connectivity index (χ1) is 15.4. The number of hydrogen-bond donors (Lipinski definition) is 1. The largest absolute Gasteiger partial charge is 0.355 e. The maximum absolute atomic E-state index is 12.8. The number of carbonyl (C=O) groups excluding carboxylic acids is 2. The Morgan fingerprint density at radius 1 is 0.938 bits per heavy atom. The van der Waals surface area contributed by atoms with Crippen LogP contribution in [0.5, 0.6) is 0 Å². The van der Waals surface area contributed by atoms with Crippen molar-refractivity contribution in [2.75, 3.05) is 52.4 Å². The van der Waals surface area contributed by atoms with Crippen molar-refractivity contribution in [2.24, 2.45) is 0 Å². The van der Waals surface area contributed by atoms with E-state index in [1.807, 2.05) is 24.0 Å². The van der Waals surface area contributed by atoms with Gasteiger partial charge >= 0.3 is 0 Å². The molecule has 2 aliphatic heterocycles. The zero-order valence-electron chi connectivity index (χ0n) is 19.1. The number of piperidine rings is 1. The highest BCUT2D eigenvalue weighted by atomic mass is 32.2. The summed E-state index contributed by atoms with van der Waals surface area (Å²) < 4.78 is 27.1. The Kier molecular flexibility index (Phi) is 9.07. The van der Waals surface area contributed by atoms with Crippen molar-refractivity contribution in [1.82, 2.24) is 19.4 Å². The highest BCUT2D eigenvalue weighted by Gasteiger charge is 2.26. The van der Waals surface area contributed by atoms with Crippen LogP contribution < -0.4 is 5.32 Å². The maximum atomic E-state index is 12.8. The fourth-order valence-electron chi connectivity index (χ4n) is 4.17. The molecule has 1 aromatic rings. The molecule has 0 atom stereocenters. The van der Waals surface area contributed by atoms with Gasteiger partial charge in [-0.1, -0.05) is 25.5 Å². The number of hydrogen-bond acceptors (Lipinski definition) is 5. The van der Waals surface area contributed by atoms with E-state index in [-0.39, 0.29) is 11.8 Å². The first-order valence-electron chi connectivity index (χ1n) is 11.8. The summed E-state index contributed by atoms with van der Waals surface area (Å²) in [5.74, 6) is 0.141. The minimum absolute atomic E-state index is 0.0392. The number of aryl methyl sites for hydroxylation is 1. The van der Waals surface area contributed by atoms with E-state index in [9.17, 15) is 18.0 Å². The SMILES string of the molecule is CCCNC(=O)CN1CCN(C(=O)CCc2ccc(S(=O)(=O)N3CCCCC3)cc2)CC1. The lowest BCUT2D eigenvalue weighted by Gasteiger charge is -2.34. The Labute approximate surface area is 192 Å². The molecule has 3 rings (SSSR count). The van der Waals surface area contributed by atoms with Crippen LogP contribution in [0, 0.1) is 0 Å². The zero-order chi connectivity index (χ0) is 23.0. The number of nitrogens with zero attached hydrogens (tertiary/aromatic N) is 3. The third-order valence-corrected chi connectivity index (χ3v) is 8.08. The van der Waals surface area contributed by atoms with Crippen molar-refractivity contribution in [1.29, 1.82) is 0 Å². The molecular formula is C23H36N4O4S. The molecule has 2 saturated heterocycles. The molecule has 0 aromatic heterocycles. The van der Waals surface area contributed by atoms with E-state index in [0.717, 1.165) is 31.2 Å². The Hall–Kier alpha value is -1.97. The summed E-state index contributed by atoms with van der Waals surface area (Å²) in [6, 6.07) is 6.95. The van der Waals surface area contributed by atoms with E-state index in [1.165, 1.54) is 0 Å². The Bertz CT molecular complexity index is 858. The molecule has 9 heteroatoms. The number of rotatable bonds is 9. The van der Waals surface area contributed by atoms with Gasteiger partial charge in [0.25, 0.3) is 0 Å². The number of benzene rings is 1. The number of sulfonamides is 1. The molecule has 0 aliphatic carbocycles. The molecule has 1 aromatic carbocycles. The van der Waals surface area contributed by atoms with E-state index in [4.69, 9.17) is 0 Å². The third-order valence-electron chi connectivity index (χ3n) is 6.17. The van der Waals surface area contributed by atoms with Crippen LogP contribution in [-0.2, 0) is 26.0 Å². The van der Waals surface area contributed by atoms with Crippen molar-refractivity contribution in [3.8, 4) is 0 Å². The molecule has 178 valence electrons. The van der Waals surface area contributed by atoms with Crippen LogP contribution in [0.1, 0.15) is 44.6 Å². The highest BCUT2D eigenvalue weighted by Crippen LogP contribution is 2.21. The zero-order valence-corrected chi connectivity index (χ0v) is 19.9. The highest BCUT2D eigenvalue weighted by molar-refractivity contribution is 7.89. The second-order valence-corrected chi connectivity index (χ2v) is 10.6. The fourth-order valence-corrected chi connectivity index (χ4v) is 5.69. The molecule has 2 fully saturated rings. The van der Waals surface area contributed by atoms with E-state index in [0.29, 0.717) is 70.1 Å². The molecular weight excluding hydrogens is 428 g/mol. The van der Waals surface area contributed by atoms with Crippen molar-refractivity contribution in [2.45, 2.75) is 50.3 Å². The number of nitrogens with one attached hydrogen (secondary N) is 1. The van der Waals surface area contributed by atoms with E-state index in [1.54, 1.807) is 16.4 Å². The van der Waals surface area contributed by atoms with Crippen molar-refractivity contribution in [3.05, 3.63) is 29.8 Å². The van der Waals surface area contributed by atoms with Gasteiger partial charge in [0, 0.05) is 52.2 Å². The van der Waals surface area contributed by atoms with Crippen LogP contribution in [-0.4, -0.2) is 86.7 Å². The molecule has 1 N–H and O–H groups in total. The summed E-state index contributed by atoms with van der Waals surface area (Å²) in [5.41, 5.74) is 0.960. The van der Waals surface area contributed by atoms with Crippen LogP contribution >= 0.6 is 0 Å². The second-order valence-electron chi connectivity index (χ2n) is 8.62. The van der Waals surface area contributed by atoms with Crippen LogP contribution in [0.3, 0.4) is 0 Å². The van der Waals surface area contributed by atoms with E-state index < -0.39 is 10.0 Å². The lowest BCUT2D eigenvalue weighted by molar-refractivity contribution is -0.133. The van der Waals surface area contributed by atoms with Gasteiger partial charge in [-0.15, -0.1) is 0 Å². The van der Waals surface area contributed by atoms with Crippen LogP contribution in [0.25, 0.3) is 0 Å². The van der Waals surface area contributed by atoms with Gasteiger partial charge in [-0.25, -0.2) is 8.42 Å². The molecule has 0 spiro atoms. The standard InChI is InChI=1S/C23H36N4O4S/c1-2-12-24-22(28)19-25-15-17-26(18-16-25)23(29)11-8-20-6-9-21(10-7-20)32(30,31)27-13-4-3-5-14-27/h6-7,9-10H,2-5,8,11-19H2,1H3,(H,24,28). The van der Waals surface area contributed by atoms with Gasteiger partial charge in [-0.3, -0.25) is 14.5 Å². The van der Waals surface area contributed by atoms with Crippen LogP contribution in [0.15, 0.2) is 29.2 Å². The smallest absolute Gasteiger partial charge is 0.243 e. The molecule has 0 bridgehead atoms. The molecule has 2 aliphatic rings. The van der Waals surface area contributed by atoms with Crippen LogP contribution in [0.2, 0.25) is 0 Å². The summed E-state index contributed by atoms with van der Waals surface area (Å²) in [5, 5.41) is 2.88. The monoisotopic (exact) mass is 464 g/mol. The summed E-state index contributed by atoms with van der Waals surface area (Å²) in [6.45, 7) is 6.96.